The van der Waals surface area contributed by atoms with Crippen molar-refractivity contribution < 1.29 is 4.79 Å². The molecule has 0 saturated carbocycles. The minimum atomic E-state index is 0.269. The summed E-state index contributed by atoms with van der Waals surface area (Å²) < 4.78 is 0. The van der Waals surface area contributed by atoms with E-state index in [0.717, 1.165) is 39.0 Å². The number of likely N-dealkylation sites (N-methyl/N-ethyl adjacent to an activating group) is 1. The van der Waals surface area contributed by atoms with Crippen LogP contribution in [0.25, 0.3) is 0 Å². The van der Waals surface area contributed by atoms with Crippen molar-refractivity contribution in [1.29, 1.82) is 0 Å². The zero-order chi connectivity index (χ0) is 13.4. The van der Waals surface area contributed by atoms with E-state index in [1.165, 1.54) is 25.7 Å². The molecule has 3 nitrogen and oxygen atoms in total. The van der Waals surface area contributed by atoms with Gasteiger partial charge >= 0.3 is 0 Å². The fourth-order valence-corrected chi connectivity index (χ4v) is 2.60. The standard InChI is InChI=1S/C15H30N2O/c1-4-6-7-8-9-14(5-2)15(18)17-12-10-16(3)11-13-17/h14H,4-13H2,1-3H3. The molecule has 0 N–H and O–H groups in total. The molecule has 0 aromatic carbocycles. The van der Waals surface area contributed by atoms with Crippen molar-refractivity contribution in [1.82, 2.24) is 9.80 Å². The molecular formula is C15H30N2O. The van der Waals surface area contributed by atoms with Crippen molar-refractivity contribution >= 4 is 5.91 Å². The highest BCUT2D eigenvalue weighted by atomic mass is 16.2. The van der Waals surface area contributed by atoms with Gasteiger partial charge in [0.2, 0.25) is 5.91 Å². The van der Waals surface area contributed by atoms with Gasteiger partial charge in [-0.15, -0.1) is 0 Å². The number of piperazine rings is 1. The summed E-state index contributed by atoms with van der Waals surface area (Å²) in [6, 6.07) is 0. The Morgan fingerprint density at radius 2 is 1.72 bits per heavy atom. The second-order valence-electron chi connectivity index (χ2n) is 5.58. The molecular weight excluding hydrogens is 224 g/mol. The zero-order valence-corrected chi connectivity index (χ0v) is 12.5. The Kier molecular flexibility index (Phi) is 7.33. The first-order valence-electron chi connectivity index (χ1n) is 7.66. The minimum Gasteiger partial charge on any atom is -0.340 e. The molecule has 0 aromatic heterocycles. The summed E-state index contributed by atoms with van der Waals surface area (Å²) in [5.41, 5.74) is 0. The predicted molar refractivity (Wildman–Crippen MR) is 76.6 cm³/mol. The first-order valence-corrected chi connectivity index (χ1v) is 7.66. The van der Waals surface area contributed by atoms with E-state index in [1.54, 1.807) is 0 Å². The molecule has 0 bridgehead atoms. The van der Waals surface area contributed by atoms with E-state index >= 15 is 0 Å². The molecule has 1 amide bonds. The van der Waals surface area contributed by atoms with Crippen molar-refractivity contribution in [3.05, 3.63) is 0 Å². The van der Waals surface area contributed by atoms with Gasteiger partial charge in [0.1, 0.15) is 0 Å². The fraction of sp³-hybridized carbons (Fsp3) is 0.933. The molecule has 1 rings (SSSR count). The maximum atomic E-state index is 12.4. The lowest BCUT2D eigenvalue weighted by molar-refractivity contribution is -0.137. The van der Waals surface area contributed by atoms with Crippen LogP contribution < -0.4 is 0 Å². The monoisotopic (exact) mass is 254 g/mol. The Balaban J connectivity index is 2.32. The van der Waals surface area contributed by atoms with Crippen LogP contribution in [0.4, 0.5) is 0 Å². The third-order valence-corrected chi connectivity index (χ3v) is 4.06. The van der Waals surface area contributed by atoms with Crippen LogP contribution in [0.3, 0.4) is 0 Å². The summed E-state index contributed by atoms with van der Waals surface area (Å²) in [4.78, 5) is 16.8. The highest BCUT2D eigenvalue weighted by Crippen LogP contribution is 2.18. The quantitative estimate of drug-likeness (QED) is 0.652. The van der Waals surface area contributed by atoms with E-state index in [9.17, 15) is 4.79 Å². The minimum absolute atomic E-state index is 0.269. The lowest BCUT2D eigenvalue weighted by Crippen LogP contribution is -2.49. The van der Waals surface area contributed by atoms with Gasteiger partial charge in [0, 0.05) is 32.1 Å². The summed E-state index contributed by atoms with van der Waals surface area (Å²) >= 11 is 0. The van der Waals surface area contributed by atoms with Crippen LogP contribution in [-0.4, -0.2) is 48.9 Å². The molecule has 0 spiro atoms. The van der Waals surface area contributed by atoms with Crippen molar-refractivity contribution in [2.45, 2.75) is 52.4 Å². The Morgan fingerprint density at radius 1 is 1.06 bits per heavy atom. The molecule has 106 valence electrons. The van der Waals surface area contributed by atoms with E-state index < -0.39 is 0 Å². The molecule has 1 unspecified atom stereocenters. The number of hydrogen-bond donors (Lipinski definition) is 0. The van der Waals surface area contributed by atoms with E-state index in [0.29, 0.717) is 5.91 Å². The highest BCUT2D eigenvalue weighted by molar-refractivity contribution is 5.78. The maximum absolute atomic E-state index is 12.4. The lowest BCUT2D eigenvalue weighted by Gasteiger charge is -2.34. The fourth-order valence-electron chi connectivity index (χ4n) is 2.60. The Morgan fingerprint density at radius 3 is 2.28 bits per heavy atom. The number of carbonyl (C=O) groups is 1. The molecule has 18 heavy (non-hydrogen) atoms. The third-order valence-electron chi connectivity index (χ3n) is 4.06. The molecule has 1 saturated heterocycles. The molecule has 0 aromatic rings. The number of carbonyl (C=O) groups excluding carboxylic acids is 1. The summed E-state index contributed by atoms with van der Waals surface area (Å²) in [5, 5.41) is 0. The number of hydrogen-bond acceptors (Lipinski definition) is 2. The van der Waals surface area contributed by atoms with Gasteiger partial charge in [0.15, 0.2) is 0 Å². The average molecular weight is 254 g/mol. The smallest absolute Gasteiger partial charge is 0.225 e. The summed E-state index contributed by atoms with van der Waals surface area (Å²) in [7, 11) is 2.13. The van der Waals surface area contributed by atoms with Crippen LogP contribution in [-0.2, 0) is 4.79 Å². The van der Waals surface area contributed by atoms with Crippen LogP contribution in [0.5, 0.6) is 0 Å². The third kappa shape index (κ3) is 4.97. The van der Waals surface area contributed by atoms with Crippen molar-refractivity contribution in [2.75, 3.05) is 33.2 Å². The molecule has 1 aliphatic heterocycles. The summed E-state index contributed by atoms with van der Waals surface area (Å²) in [5.74, 6) is 0.673. The van der Waals surface area contributed by atoms with Crippen LogP contribution in [0.2, 0.25) is 0 Å². The normalized spacial score (nSPS) is 18.9. The largest absolute Gasteiger partial charge is 0.340 e. The van der Waals surface area contributed by atoms with Crippen molar-refractivity contribution in [2.24, 2.45) is 5.92 Å². The first kappa shape index (κ1) is 15.5. The molecule has 3 heteroatoms. The van der Waals surface area contributed by atoms with Gasteiger partial charge < -0.3 is 9.80 Å². The van der Waals surface area contributed by atoms with Crippen LogP contribution >= 0.6 is 0 Å². The summed E-state index contributed by atoms with van der Waals surface area (Å²) in [6.07, 6.45) is 7.15. The molecule has 1 heterocycles. The Labute approximate surface area is 113 Å². The average Bonchev–Trinajstić information content (AvgIpc) is 2.39. The Bertz CT molecular complexity index is 235. The highest BCUT2D eigenvalue weighted by Gasteiger charge is 2.24. The van der Waals surface area contributed by atoms with Crippen LogP contribution in [0, 0.1) is 5.92 Å². The van der Waals surface area contributed by atoms with Gasteiger partial charge in [-0.05, 0) is 19.9 Å². The lowest BCUT2D eigenvalue weighted by atomic mass is 9.96. The maximum Gasteiger partial charge on any atom is 0.225 e. The topological polar surface area (TPSA) is 23.6 Å². The van der Waals surface area contributed by atoms with Gasteiger partial charge in [-0.3, -0.25) is 4.79 Å². The van der Waals surface area contributed by atoms with Gasteiger partial charge in [0.25, 0.3) is 0 Å². The van der Waals surface area contributed by atoms with E-state index in [4.69, 9.17) is 0 Å². The predicted octanol–water partition coefficient (Wildman–Crippen LogP) is 2.76. The Hall–Kier alpha value is -0.570. The van der Waals surface area contributed by atoms with E-state index in [-0.39, 0.29) is 5.92 Å². The molecule has 0 aliphatic carbocycles. The van der Waals surface area contributed by atoms with Crippen molar-refractivity contribution in [3.8, 4) is 0 Å². The SMILES string of the molecule is CCCCCCC(CC)C(=O)N1CCN(C)CC1. The zero-order valence-electron chi connectivity index (χ0n) is 12.5. The first-order chi connectivity index (χ1) is 8.69. The van der Waals surface area contributed by atoms with Gasteiger partial charge in [-0.1, -0.05) is 39.5 Å². The molecule has 0 radical (unpaired) electrons. The van der Waals surface area contributed by atoms with Gasteiger partial charge in [-0.25, -0.2) is 0 Å². The molecule has 1 aliphatic rings. The number of rotatable bonds is 7. The summed E-state index contributed by atoms with van der Waals surface area (Å²) in [6.45, 7) is 8.27. The van der Waals surface area contributed by atoms with E-state index in [1.807, 2.05) is 0 Å². The second kappa shape index (κ2) is 8.52. The molecule has 1 atom stereocenters. The van der Waals surface area contributed by atoms with Crippen molar-refractivity contribution in [3.63, 3.8) is 0 Å². The van der Waals surface area contributed by atoms with Crippen LogP contribution in [0.1, 0.15) is 52.4 Å². The number of nitrogens with zero attached hydrogens (tertiary/aromatic N) is 2. The van der Waals surface area contributed by atoms with E-state index in [2.05, 4.69) is 30.7 Å². The van der Waals surface area contributed by atoms with Gasteiger partial charge in [-0.2, -0.15) is 0 Å². The molecule has 1 fully saturated rings. The number of amides is 1. The van der Waals surface area contributed by atoms with Crippen LogP contribution in [0.15, 0.2) is 0 Å². The number of unbranched alkanes of at least 4 members (excludes halogenated alkanes) is 3. The second-order valence-corrected chi connectivity index (χ2v) is 5.58. The van der Waals surface area contributed by atoms with Gasteiger partial charge in [0.05, 0.1) is 0 Å².